The normalized spacial score (nSPS) is 12.7. The van der Waals surface area contributed by atoms with Crippen LogP contribution in [0.4, 0.5) is 0 Å². The number of nitrogens with zero attached hydrogens (tertiary/aromatic N) is 1. The zero-order valence-electron chi connectivity index (χ0n) is 18.3. The van der Waals surface area contributed by atoms with Crippen LogP contribution in [0.2, 0.25) is 0 Å². The fourth-order valence-corrected chi connectivity index (χ4v) is 3.91. The number of aliphatic imine (C=N–C) groups is 1. The van der Waals surface area contributed by atoms with E-state index in [4.69, 9.17) is 9.15 Å². The number of nitrogens with one attached hydrogen (secondary N) is 2. The highest BCUT2D eigenvalue weighted by molar-refractivity contribution is 7.91. The second kappa shape index (κ2) is 11.2. The van der Waals surface area contributed by atoms with Crippen molar-refractivity contribution in [3.63, 3.8) is 0 Å². The van der Waals surface area contributed by atoms with Gasteiger partial charge >= 0.3 is 0 Å². The highest BCUT2D eigenvalue weighted by Crippen LogP contribution is 2.23. The van der Waals surface area contributed by atoms with E-state index in [9.17, 15) is 8.42 Å². The molecule has 0 unspecified atom stereocenters. The standard InChI is InChI=1S/C22H33N3O4S/c1-22(2,3)18-8-10-20(11-9-18)30(26,27)16-13-25-21(23-4)24-12-6-14-28-17-19-7-5-15-29-19/h5,7-11,15H,6,12-14,16-17H2,1-4H3,(H2,23,24,25). The summed E-state index contributed by atoms with van der Waals surface area (Å²) in [6.07, 6.45) is 2.41. The van der Waals surface area contributed by atoms with Crippen molar-refractivity contribution in [1.82, 2.24) is 10.6 Å². The number of hydrogen-bond acceptors (Lipinski definition) is 5. The van der Waals surface area contributed by atoms with Gasteiger partial charge in [-0.25, -0.2) is 8.42 Å². The first kappa shape index (κ1) is 24.0. The molecule has 2 N–H and O–H groups in total. The first-order valence-corrected chi connectivity index (χ1v) is 11.8. The lowest BCUT2D eigenvalue weighted by atomic mass is 9.87. The van der Waals surface area contributed by atoms with Crippen LogP contribution < -0.4 is 10.6 Å². The maximum absolute atomic E-state index is 12.6. The molecule has 0 amide bonds. The number of benzene rings is 1. The van der Waals surface area contributed by atoms with E-state index in [1.807, 2.05) is 24.3 Å². The minimum atomic E-state index is -3.35. The molecule has 0 fully saturated rings. The van der Waals surface area contributed by atoms with Crippen LogP contribution >= 0.6 is 0 Å². The van der Waals surface area contributed by atoms with Crippen molar-refractivity contribution in [3.05, 3.63) is 54.0 Å². The number of ether oxygens (including phenoxy) is 1. The highest BCUT2D eigenvalue weighted by atomic mass is 32.2. The van der Waals surface area contributed by atoms with Gasteiger partial charge in [-0.15, -0.1) is 0 Å². The summed E-state index contributed by atoms with van der Waals surface area (Å²) in [5.74, 6) is 1.36. The number of sulfone groups is 1. The van der Waals surface area contributed by atoms with Gasteiger partial charge in [-0.3, -0.25) is 4.99 Å². The Labute approximate surface area is 179 Å². The molecule has 1 aromatic heterocycles. The quantitative estimate of drug-likeness (QED) is 0.338. The summed E-state index contributed by atoms with van der Waals surface area (Å²) in [4.78, 5) is 4.46. The van der Waals surface area contributed by atoms with Crippen molar-refractivity contribution in [2.75, 3.05) is 32.5 Å². The molecule has 7 nitrogen and oxygen atoms in total. The summed E-state index contributed by atoms with van der Waals surface area (Å²) in [6.45, 7) is 8.29. The van der Waals surface area contributed by atoms with Crippen molar-refractivity contribution in [2.45, 2.75) is 44.1 Å². The van der Waals surface area contributed by atoms with Crippen molar-refractivity contribution in [1.29, 1.82) is 0 Å². The summed E-state index contributed by atoms with van der Waals surface area (Å²) in [7, 11) is -1.70. The van der Waals surface area contributed by atoms with E-state index in [-0.39, 0.29) is 17.7 Å². The molecule has 2 rings (SSSR count). The molecule has 0 aliphatic heterocycles. The van der Waals surface area contributed by atoms with E-state index >= 15 is 0 Å². The van der Waals surface area contributed by atoms with Crippen molar-refractivity contribution >= 4 is 15.8 Å². The monoisotopic (exact) mass is 435 g/mol. The molecule has 8 heteroatoms. The molecule has 166 valence electrons. The predicted octanol–water partition coefficient (Wildman–Crippen LogP) is 3.12. The van der Waals surface area contributed by atoms with Gasteiger partial charge in [-0.1, -0.05) is 32.9 Å². The van der Waals surface area contributed by atoms with E-state index in [2.05, 4.69) is 36.4 Å². The molecule has 30 heavy (non-hydrogen) atoms. The number of rotatable bonds is 10. The number of guanidine groups is 1. The smallest absolute Gasteiger partial charge is 0.191 e. The molecular formula is C22H33N3O4S. The first-order valence-electron chi connectivity index (χ1n) is 10.1. The fourth-order valence-electron chi connectivity index (χ4n) is 2.75. The molecule has 1 heterocycles. The van der Waals surface area contributed by atoms with Crippen LogP contribution in [-0.4, -0.2) is 46.9 Å². The molecule has 0 radical (unpaired) electrons. The Morgan fingerprint density at radius 2 is 1.80 bits per heavy atom. The van der Waals surface area contributed by atoms with Gasteiger partial charge in [-0.2, -0.15) is 0 Å². The van der Waals surface area contributed by atoms with Crippen LogP contribution in [0.15, 0.2) is 57.0 Å². The molecule has 2 aromatic rings. The lowest BCUT2D eigenvalue weighted by Gasteiger charge is -2.19. The van der Waals surface area contributed by atoms with Gasteiger partial charge in [0.25, 0.3) is 0 Å². The summed E-state index contributed by atoms with van der Waals surface area (Å²) >= 11 is 0. The average Bonchev–Trinajstić information content (AvgIpc) is 3.22. The van der Waals surface area contributed by atoms with Gasteiger partial charge < -0.3 is 19.8 Å². The average molecular weight is 436 g/mol. The number of hydrogen-bond donors (Lipinski definition) is 2. The third-order valence-electron chi connectivity index (χ3n) is 4.55. The zero-order valence-corrected chi connectivity index (χ0v) is 19.1. The Balaban J connectivity index is 1.69. The molecule has 0 aliphatic rings. The fraction of sp³-hybridized carbons (Fsp3) is 0.500. The third-order valence-corrected chi connectivity index (χ3v) is 6.28. The predicted molar refractivity (Wildman–Crippen MR) is 120 cm³/mol. The summed E-state index contributed by atoms with van der Waals surface area (Å²) in [6, 6.07) is 10.8. The van der Waals surface area contributed by atoms with Crippen LogP contribution in [0.1, 0.15) is 38.5 Å². The Kier molecular flexibility index (Phi) is 8.92. The Morgan fingerprint density at radius 3 is 2.40 bits per heavy atom. The Morgan fingerprint density at radius 1 is 1.10 bits per heavy atom. The summed E-state index contributed by atoms with van der Waals surface area (Å²) in [5.41, 5.74) is 1.10. The lowest BCUT2D eigenvalue weighted by molar-refractivity contribution is 0.105. The zero-order chi connectivity index (χ0) is 22.0. The largest absolute Gasteiger partial charge is 0.467 e. The molecule has 0 spiro atoms. The Hall–Kier alpha value is -2.32. The second-order valence-corrected chi connectivity index (χ2v) is 10.1. The minimum Gasteiger partial charge on any atom is -0.467 e. The SMILES string of the molecule is CN=C(NCCCOCc1ccco1)NCCS(=O)(=O)c1ccc(C(C)(C)C)cc1. The van der Waals surface area contributed by atoms with E-state index in [1.165, 1.54) is 0 Å². The van der Waals surface area contributed by atoms with Crippen molar-refractivity contribution in [3.8, 4) is 0 Å². The summed E-state index contributed by atoms with van der Waals surface area (Å²) < 4.78 is 35.9. The summed E-state index contributed by atoms with van der Waals surface area (Å²) in [5, 5.41) is 6.20. The van der Waals surface area contributed by atoms with E-state index in [1.54, 1.807) is 25.4 Å². The van der Waals surface area contributed by atoms with Gasteiger partial charge in [0.15, 0.2) is 15.8 Å². The van der Waals surface area contributed by atoms with Gasteiger partial charge in [0, 0.05) is 26.7 Å². The third kappa shape index (κ3) is 7.84. The second-order valence-electron chi connectivity index (χ2n) is 8.00. The topological polar surface area (TPSA) is 92.9 Å². The van der Waals surface area contributed by atoms with Gasteiger partial charge in [0.05, 0.1) is 16.9 Å². The number of furan rings is 1. The molecule has 0 saturated heterocycles. The minimum absolute atomic E-state index is 0.00514. The van der Waals surface area contributed by atoms with Crippen molar-refractivity contribution < 1.29 is 17.6 Å². The Bertz CT molecular complexity index is 883. The van der Waals surface area contributed by atoms with Crippen LogP contribution in [0.25, 0.3) is 0 Å². The van der Waals surface area contributed by atoms with Crippen molar-refractivity contribution in [2.24, 2.45) is 4.99 Å². The molecule has 1 aromatic carbocycles. The molecule has 0 aliphatic carbocycles. The maximum Gasteiger partial charge on any atom is 0.191 e. The molecule has 0 atom stereocenters. The van der Waals surface area contributed by atoms with Gasteiger partial charge in [0.1, 0.15) is 12.4 Å². The van der Waals surface area contributed by atoms with Crippen LogP contribution in [0.3, 0.4) is 0 Å². The van der Waals surface area contributed by atoms with E-state index in [0.717, 1.165) is 17.7 Å². The molecule has 0 bridgehead atoms. The van der Waals surface area contributed by atoms with Crippen LogP contribution in [-0.2, 0) is 26.6 Å². The highest BCUT2D eigenvalue weighted by Gasteiger charge is 2.17. The van der Waals surface area contributed by atoms with Crippen LogP contribution in [0.5, 0.6) is 0 Å². The lowest BCUT2D eigenvalue weighted by Crippen LogP contribution is -2.40. The van der Waals surface area contributed by atoms with Crippen LogP contribution in [0, 0.1) is 0 Å². The van der Waals surface area contributed by atoms with Gasteiger partial charge in [-0.05, 0) is 41.7 Å². The molecular weight excluding hydrogens is 402 g/mol. The molecule has 0 saturated carbocycles. The maximum atomic E-state index is 12.6. The van der Waals surface area contributed by atoms with E-state index in [0.29, 0.717) is 30.6 Å². The first-order chi connectivity index (χ1) is 14.2. The van der Waals surface area contributed by atoms with E-state index < -0.39 is 9.84 Å². The van der Waals surface area contributed by atoms with Gasteiger partial charge in [0.2, 0.25) is 0 Å².